The summed E-state index contributed by atoms with van der Waals surface area (Å²) >= 11 is 0. The fourth-order valence-corrected chi connectivity index (χ4v) is 8.56. The molecular weight excluding hydrogens is 1110 g/mol. The fraction of sp³-hybridized carbons (Fsp3) is 0.216. The molecule has 1 aromatic heterocycles. The molecule has 0 atom stereocenters. The lowest BCUT2D eigenvalue weighted by molar-refractivity contribution is -0.688. The number of hydrogen-bond acceptors (Lipinski definition) is 1. The van der Waals surface area contributed by atoms with Gasteiger partial charge in [-0.1, -0.05) is 97.1 Å². The maximum atomic E-state index is 14.2. The van der Waals surface area contributed by atoms with E-state index in [2.05, 4.69) is 72.1 Å². The molecular formula is C51H31BF24N2. The van der Waals surface area contributed by atoms with E-state index in [1.165, 1.54) is 22.3 Å². The van der Waals surface area contributed by atoms with Crippen LogP contribution in [0, 0.1) is 13.8 Å². The van der Waals surface area contributed by atoms with Gasteiger partial charge in [-0.25, -0.2) is 4.98 Å². The number of alkyl halides is 24. The van der Waals surface area contributed by atoms with Gasteiger partial charge in [0.15, 0.2) is 18.9 Å². The molecule has 0 bridgehead atoms. The van der Waals surface area contributed by atoms with Crippen molar-refractivity contribution in [2.45, 2.75) is 69.8 Å². The molecule has 0 saturated carbocycles. The summed E-state index contributed by atoms with van der Waals surface area (Å²) in [5.41, 5.74) is -24.1. The molecule has 7 aromatic rings. The minimum absolute atomic E-state index is 0.691. The number of aromatic nitrogens is 2. The van der Waals surface area contributed by atoms with E-state index in [9.17, 15) is 105 Å². The average molecular weight is 1140 g/mol. The van der Waals surface area contributed by atoms with Gasteiger partial charge in [-0.05, 0) is 49.2 Å². The summed E-state index contributed by atoms with van der Waals surface area (Å²) in [6.07, 6.45) is -48.8. The summed E-state index contributed by atoms with van der Waals surface area (Å²) in [6.45, 7) is 5.15. The Morgan fingerprint density at radius 1 is 0.372 bits per heavy atom. The Hall–Kier alpha value is -7.22. The van der Waals surface area contributed by atoms with Crippen molar-refractivity contribution in [2.24, 2.45) is 0 Å². The molecule has 0 fully saturated rings. The van der Waals surface area contributed by atoms with E-state index in [1.807, 2.05) is 18.5 Å². The molecule has 7 rings (SSSR count). The van der Waals surface area contributed by atoms with E-state index < -0.39 is 195 Å². The highest BCUT2D eigenvalue weighted by molar-refractivity contribution is 7.20. The first-order chi connectivity index (χ1) is 35.5. The molecule has 0 saturated heterocycles. The first-order valence-corrected chi connectivity index (χ1v) is 21.8. The second-order valence-electron chi connectivity index (χ2n) is 17.6. The van der Waals surface area contributed by atoms with Gasteiger partial charge in [-0.15, -0.1) is 0 Å². The third-order valence-electron chi connectivity index (χ3n) is 12.3. The lowest BCUT2D eigenvalue weighted by Crippen LogP contribution is -2.75. The van der Waals surface area contributed by atoms with Crippen LogP contribution in [0.4, 0.5) is 105 Å². The highest BCUT2D eigenvalue weighted by Gasteiger charge is 2.47. The number of rotatable bonds is 7. The monoisotopic (exact) mass is 1140 g/mol. The maximum absolute atomic E-state index is 14.2. The largest absolute Gasteiger partial charge is 0.416 e. The number of aryl methyl sites for hydroxylation is 1. The first-order valence-electron chi connectivity index (χ1n) is 21.8. The normalized spacial score (nSPS) is 13.3. The Morgan fingerprint density at radius 2 is 0.667 bits per heavy atom. The van der Waals surface area contributed by atoms with Gasteiger partial charge in [-0.2, -0.15) is 132 Å². The van der Waals surface area contributed by atoms with E-state index in [4.69, 9.17) is 0 Å². The van der Waals surface area contributed by atoms with Crippen molar-refractivity contribution in [3.05, 3.63) is 201 Å². The van der Waals surface area contributed by atoms with Crippen molar-refractivity contribution in [3.8, 4) is 11.3 Å². The van der Waals surface area contributed by atoms with Crippen molar-refractivity contribution in [1.82, 2.24) is 4.98 Å². The fourth-order valence-electron chi connectivity index (χ4n) is 8.56. The van der Waals surface area contributed by atoms with Gasteiger partial charge in [-0.3, -0.25) is 0 Å². The molecule has 416 valence electrons. The topological polar surface area (TPSA) is 16.8 Å². The van der Waals surface area contributed by atoms with E-state index >= 15 is 0 Å². The van der Waals surface area contributed by atoms with Gasteiger partial charge in [0.1, 0.15) is 11.8 Å². The molecule has 0 N–H and O–H groups in total. The quantitative estimate of drug-likeness (QED) is 0.0883. The third kappa shape index (κ3) is 13.5. The van der Waals surface area contributed by atoms with Gasteiger partial charge in [0.05, 0.1) is 50.7 Å². The lowest BCUT2D eigenvalue weighted by atomic mass is 9.12. The Bertz CT molecular complexity index is 2850. The molecule has 0 aliphatic heterocycles. The van der Waals surface area contributed by atoms with Crippen molar-refractivity contribution in [3.63, 3.8) is 0 Å². The Balaban J connectivity index is 0.000000387. The standard InChI is InChI=1S/C32H12BF24.C19H19N2/c34-25(35,36)13-1-14(26(37,38)39)6-21(5-13)33(22-7-15(27(40,41)42)2-16(8-22)28(43,44)45,23-9-17(29(46,47)48)3-18(10-23)30(49,50)51)24-11-19(31(52,53)54)4-20(12-24)32(55,56)57;1-15-7-6-10-18(16(15)2)19-14-21(12-11-20-19)13-17-8-4-3-5-9-17/h1-12H;3-12,14H,13H2,1-2H3/q-1;+1. The number of nitrogens with zero attached hydrogens (tertiary/aromatic N) is 2. The minimum atomic E-state index is -6.13. The predicted molar refractivity (Wildman–Crippen MR) is 235 cm³/mol. The van der Waals surface area contributed by atoms with E-state index in [1.54, 1.807) is 0 Å². The van der Waals surface area contributed by atoms with Crippen molar-refractivity contribution in [1.29, 1.82) is 0 Å². The molecule has 6 aromatic carbocycles. The zero-order chi connectivity index (χ0) is 58.6. The number of hydrogen-bond donors (Lipinski definition) is 0. The lowest BCUT2D eigenvalue weighted by Gasteiger charge is -2.46. The Labute approximate surface area is 424 Å². The summed E-state index contributed by atoms with van der Waals surface area (Å²) in [5, 5.41) is 0. The molecule has 78 heavy (non-hydrogen) atoms. The summed E-state index contributed by atoms with van der Waals surface area (Å²) in [7, 11) is 0. The van der Waals surface area contributed by atoms with E-state index in [0.29, 0.717) is 0 Å². The molecule has 27 heteroatoms. The third-order valence-corrected chi connectivity index (χ3v) is 12.3. The highest BCUT2D eigenvalue weighted by atomic mass is 19.4. The average Bonchev–Trinajstić information content (AvgIpc) is 3.31. The van der Waals surface area contributed by atoms with Gasteiger partial charge >= 0.3 is 49.4 Å². The van der Waals surface area contributed by atoms with Crippen LogP contribution < -0.4 is 26.4 Å². The van der Waals surface area contributed by atoms with Crippen molar-refractivity contribution in [2.75, 3.05) is 0 Å². The SMILES string of the molecule is Cc1cccc(-c2c[n+](Cc3ccccc3)ccn2)c1C.FC(F)(F)c1cc([B-](c2cc(C(F)(F)F)cc(C(F)(F)F)c2)(c2cc(C(F)(F)F)cc(C(F)(F)F)c2)c2cc(C(F)(F)F)cc(C(F)(F)F)c2)cc(C(F)(F)F)c1. The molecule has 0 spiro atoms. The van der Waals surface area contributed by atoms with Crippen LogP contribution >= 0.6 is 0 Å². The molecule has 0 unspecified atom stereocenters. The Morgan fingerprint density at radius 3 is 0.949 bits per heavy atom. The van der Waals surface area contributed by atoms with Crippen molar-refractivity contribution >= 4 is 28.0 Å². The van der Waals surface area contributed by atoms with Gasteiger partial charge in [0, 0.05) is 11.1 Å². The second-order valence-corrected chi connectivity index (χ2v) is 17.6. The van der Waals surface area contributed by atoms with Crippen LogP contribution in [0.2, 0.25) is 0 Å². The van der Waals surface area contributed by atoms with E-state index in [0.717, 1.165) is 12.2 Å². The maximum Gasteiger partial charge on any atom is 0.416 e. The van der Waals surface area contributed by atoms with Crippen LogP contribution in [0.5, 0.6) is 0 Å². The van der Waals surface area contributed by atoms with Crippen LogP contribution in [-0.2, 0) is 56.0 Å². The van der Waals surface area contributed by atoms with Gasteiger partial charge in [0.2, 0.25) is 0 Å². The van der Waals surface area contributed by atoms with Crippen LogP contribution in [0.1, 0.15) is 61.2 Å². The predicted octanol–water partition coefficient (Wildman–Crippen LogP) is 14.9. The molecule has 2 nitrogen and oxygen atoms in total. The molecule has 1 heterocycles. The van der Waals surface area contributed by atoms with Crippen LogP contribution in [-0.4, -0.2) is 11.1 Å². The van der Waals surface area contributed by atoms with Crippen LogP contribution in [0.3, 0.4) is 0 Å². The van der Waals surface area contributed by atoms with Crippen LogP contribution in [0.25, 0.3) is 11.3 Å². The van der Waals surface area contributed by atoms with Gasteiger partial charge in [0.25, 0.3) is 0 Å². The van der Waals surface area contributed by atoms with Crippen molar-refractivity contribution < 1.29 is 110 Å². The molecule has 0 amide bonds. The minimum Gasteiger partial charge on any atom is -0.244 e. The molecule has 0 aliphatic carbocycles. The second kappa shape index (κ2) is 20.9. The summed E-state index contributed by atoms with van der Waals surface area (Å²) in [5.74, 6) is 0. The first kappa shape index (κ1) is 60.0. The zero-order valence-corrected chi connectivity index (χ0v) is 39.0. The molecule has 0 aliphatic rings. The number of benzene rings is 6. The Kier molecular flexibility index (Phi) is 16.1. The summed E-state index contributed by atoms with van der Waals surface area (Å²) < 4.78 is 343. The smallest absolute Gasteiger partial charge is 0.244 e. The van der Waals surface area contributed by atoms with E-state index in [-0.39, 0.29) is 0 Å². The molecule has 0 radical (unpaired) electrons. The van der Waals surface area contributed by atoms with Gasteiger partial charge < -0.3 is 0 Å². The highest BCUT2D eigenvalue weighted by Crippen LogP contribution is 2.41. The zero-order valence-electron chi connectivity index (χ0n) is 39.0. The van der Waals surface area contributed by atoms with Crippen LogP contribution in [0.15, 0.2) is 140 Å². The number of halogens is 24. The summed E-state index contributed by atoms with van der Waals surface area (Å²) in [4.78, 5) is 4.53. The summed E-state index contributed by atoms with van der Waals surface area (Å²) in [6, 6.07) is 8.03.